The Morgan fingerprint density at radius 3 is 2.84 bits per heavy atom. The highest BCUT2D eigenvalue weighted by Gasteiger charge is 2.48. The van der Waals surface area contributed by atoms with Crippen LogP contribution in [0.4, 0.5) is 11.5 Å². The largest absolute Gasteiger partial charge is 0.390 e. The average Bonchev–Trinajstić information content (AvgIpc) is 3.33. The third kappa shape index (κ3) is 3.28. The van der Waals surface area contributed by atoms with Gasteiger partial charge in [-0.1, -0.05) is 6.07 Å². The van der Waals surface area contributed by atoms with Crippen LogP contribution in [0.3, 0.4) is 0 Å². The summed E-state index contributed by atoms with van der Waals surface area (Å²) in [5, 5.41) is 18.0. The van der Waals surface area contributed by atoms with Gasteiger partial charge in [-0.05, 0) is 32.8 Å². The van der Waals surface area contributed by atoms with Crippen LogP contribution in [0, 0.1) is 23.7 Å². The number of fused-ring (bicyclic) bond motifs is 1. The predicted molar refractivity (Wildman–Crippen MR) is 125 cm³/mol. The minimum absolute atomic E-state index is 0.0426. The van der Waals surface area contributed by atoms with E-state index in [4.69, 9.17) is 20.1 Å². The summed E-state index contributed by atoms with van der Waals surface area (Å²) in [6, 6.07) is 6.23. The van der Waals surface area contributed by atoms with Crippen LogP contribution in [-0.4, -0.2) is 64.6 Å². The molecule has 0 radical (unpaired) electrons. The van der Waals surface area contributed by atoms with Gasteiger partial charge in [-0.2, -0.15) is 4.58 Å². The smallest absolute Gasteiger partial charge is 0.222 e. The molecule has 0 amide bonds. The Morgan fingerprint density at radius 1 is 1.34 bits per heavy atom. The molecule has 0 bridgehead atoms. The molecule has 32 heavy (non-hydrogen) atoms. The second kappa shape index (κ2) is 7.93. The van der Waals surface area contributed by atoms with Crippen molar-refractivity contribution in [3.05, 3.63) is 35.2 Å². The highest BCUT2D eigenvalue weighted by molar-refractivity contribution is 5.85. The molecular formula is C25H30N5O2+. The highest BCUT2D eigenvalue weighted by Crippen LogP contribution is 2.46. The number of rotatable bonds is 4. The van der Waals surface area contributed by atoms with Gasteiger partial charge in [0.05, 0.1) is 42.3 Å². The Bertz CT molecular complexity index is 1140. The van der Waals surface area contributed by atoms with Crippen molar-refractivity contribution < 1.29 is 14.4 Å². The van der Waals surface area contributed by atoms with E-state index in [0.717, 1.165) is 66.6 Å². The maximum absolute atomic E-state index is 10.1. The maximum atomic E-state index is 10.1. The van der Waals surface area contributed by atoms with E-state index in [1.54, 1.807) is 6.21 Å². The molecular weight excluding hydrogens is 402 g/mol. The van der Waals surface area contributed by atoms with E-state index in [0.29, 0.717) is 5.69 Å². The molecule has 1 aromatic carbocycles. The fourth-order valence-corrected chi connectivity index (χ4v) is 5.46. The van der Waals surface area contributed by atoms with Gasteiger partial charge in [0.2, 0.25) is 5.69 Å². The molecule has 2 saturated heterocycles. The van der Waals surface area contributed by atoms with Gasteiger partial charge < -0.3 is 20.2 Å². The van der Waals surface area contributed by atoms with E-state index >= 15 is 0 Å². The number of aryl methyl sites for hydroxylation is 1. The van der Waals surface area contributed by atoms with E-state index in [2.05, 4.69) is 35.9 Å². The van der Waals surface area contributed by atoms with Gasteiger partial charge in [-0.3, -0.25) is 0 Å². The minimum atomic E-state index is -0.152. The maximum Gasteiger partial charge on any atom is 0.222 e. The van der Waals surface area contributed by atoms with Crippen LogP contribution in [0.1, 0.15) is 36.7 Å². The zero-order valence-electron chi connectivity index (χ0n) is 18.9. The van der Waals surface area contributed by atoms with Crippen LogP contribution in [0.5, 0.6) is 0 Å². The van der Waals surface area contributed by atoms with Crippen LogP contribution in [0.15, 0.2) is 18.2 Å². The SMILES string of the molecule is Cc1nc(N2CCC3(CC2)CO[C@@H](C)[C@H]3C=N)c(CO)nc1-c1ccc2c(c1)[N+](C)=C=C2. The Labute approximate surface area is 188 Å². The Hall–Kier alpha value is -2.86. The summed E-state index contributed by atoms with van der Waals surface area (Å²) in [5.41, 5.74) is 5.52. The molecule has 2 N–H and O–H groups in total. The second-order valence-electron chi connectivity index (χ2n) is 9.25. The third-order valence-corrected chi connectivity index (χ3v) is 7.43. The molecule has 3 aliphatic heterocycles. The number of aliphatic hydroxyl groups excluding tert-OH is 1. The molecule has 1 spiro atoms. The van der Waals surface area contributed by atoms with Crippen molar-refractivity contribution in [2.75, 3.05) is 31.6 Å². The molecule has 166 valence electrons. The second-order valence-corrected chi connectivity index (χ2v) is 9.25. The molecule has 3 aliphatic rings. The molecule has 0 unspecified atom stereocenters. The van der Waals surface area contributed by atoms with Gasteiger partial charge in [-0.25, -0.2) is 9.97 Å². The van der Waals surface area contributed by atoms with E-state index in [1.807, 2.05) is 24.6 Å². The van der Waals surface area contributed by atoms with Gasteiger partial charge in [0, 0.05) is 42.3 Å². The quantitative estimate of drug-likeness (QED) is 0.573. The number of hydrogen-bond donors (Lipinski definition) is 2. The summed E-state index contributed by atoms with van der Waals surface area (Å²) < 4.78 is 7.88. The molecule has 2 fully saturated rings. The van der Waals surface area contributed by atoms with E-state index < -0.39 is 0 Å². The lowest BCUT2D eigenvalue weighted by Gasteiger charge is -2.42. The van der Waals surface area contributed by atoms with Gasteiger partial charge in [0.15, 0.2) is 11.7 Å². The molecule has 4 heterocycles. The fourth-order valence-electron chi connectivity index (χ4n) is 5.46. The van der Waals surface area contributed by atoms with Crippen LogP contribution < -0.4 is 4.90 Å². The zero-order valence-corrected chi connectivity index (χ0v) is 18.9. The zero-order chi connectivity index (χ0) is 22.5. The highest BCUT2D eigenvalue weighted by atomic mass is 16.5. The number of anilines is 1. The number of piperidine rings is 1. The number of hydrogen-bond acceptors (Lipinski definition) is 6. The lowest BCUT2D eigenvalue weighted by molar-refractivity contribution is -0.394. The van der Waals surface area contributed by atoms with E-state index in [1.165, 1.54) is 0 Å². The molecule has 7 heteroatoms. The monoisotopic (exact) mass is 432 g/mol. The Kier molecular flexibility index (Phi) is 5.20. The molecule has 5 rings (SSSR count). The van der Waals surface area contributed by atoms with E-state index in [-0.39, 0.29) is 24.0 Å². The van der Waals surface area contributed by atoms with E-state index in [9.17, 15) is 5.11 Å². The summed E-state index contributed by atoms with van der Waals surface area (Å²) in [4.78, 5) is 12.0. The third-order valence-electron chi connectivity index (χ3n) is 7.43. The number of nitrogens with zero attached hydrogens (tertiary/aromatic N) is 4. The molecule has 1 aromatic heterocycles. The van der Waals surface area contributed by atoms with Crippen molar-refractivity contribution in [2.24, 2.45) is 11.3 Å². The first-order chi connectivity index (χ1) is 15.5. The average molecular weight is 433 g/mol. The lowest BCUT2D eigenvalue weighted by atomic mass is 9.69. The van der Waals surface area contributed by atoms with Crippen molar-refractivity contribution in [3.63, 3.8) is 0 Å². The summed E-state index contributed by atoms with van der Waals surface area (Å²) in [6.07, 6.45) is 5.55. The summed E-state index contributed by atoms with van der Waals surface area (Å²) in [5.74, 6) is 4.13. The van der Waals surface area contributed by atoms with Crippen molar-refractivity contribution in [2.45, 2.75) is 39.4 Å². The van der Waals surface area contributed by atoms with Crippen molar-refractivity contribution in [1.29, 1.82) is 5.41 Å². The van der Waals surface area contributed by atoms with Gasteiger partial charge in [0.25, 0.3) is 0 Å². The van der Waals surface area contributed by atoms with Gasteiger partial charge in [-0.15, -0.1) is 0 Å². The number of aromatic nitrogens is 2. The van der Waals surface area contributed by atoms with Crippen LogP contribution in [-0.2, 0) is 11.3 Å². The van der Waals surface area contributed by atoms with Crippen LogP contribution >= 0.6 is 0 Å². The Balaban J connectivity index is 1.42. The first kappa shape index (κ1) is 21.0. The minimum Gasteiger partial charge on any atom is -0.390 e. The topological polar surface area (TPSA) is 85.3 Å². The van der Waals surface area contributed by atoms with Crippen molar-refractivity contribution in [1.82, 2.24) is 9.97 Å². The Morgan fingerprint density at radius 2 is 2.12 bits per heavy atom. The standard InChI is InChI=1S/C25H30N5O2/c1-16-23(19-5-4-18-6-9-29(3)22(18)12-19)28-21(14-31)24(27-16)30-10-7-25(8-11-30)15-32-17(2)20(25)13-26/h4-6,12-13,17,20,26,31H,7-8,10-11,14-15H2,1-3H3/q+1/t17-,20+/m0/s1. The fraction of sp³-hybridized carbons (Fsp3) is 0.480. The molecule has 2 aromatic rings. The van der Waals surface area contributed by atoms with Crippen molar-refractivity contribution in [3.8, 4) is 11.3 Å². The normalized spacial score (nSPS) is 23.5. The molecule has 0 saturated carbocycles. The summed E-state index contributed by atoms with van der Waals surface area (Å²) in [6.45, 7) is 6.27. The predicted octanol–water partition coefficient (Wildman–Crippen LogP) is 3.19. The lowest BCUT2D eigenvalue weighted by Crippen LogP contribution is -2.45. The number of aliphatic hydroxyl groups is 1. The van der Waals surface area contributed by atoms with Crippen LogP contribution in [0.2, 0.25) is 0 Å². The molecule has 0 aliphatic carbocycles. The molecule has 2 atom stereocenters. The number of benzene rings is 1. The first-order valence-electron chi connectivity index (χ1n) is 11.3. The summed E-state index contributed by atoms with van der Waals surface area (Å²) in [7, 11) is 1.98. The van der Waals surface area contributed by atoms with Gasteiger partial charge in [0.1, 0.15) is 12.7 Å². The molecule has 7 nitrogen and oxygen atoms in total. The first-order valence-corrected chi connectivity index (χ1v) is 11.3. The number of ether oxygens (including phenoxy) is 1. The van der Waals surface area contributed by atoms with Crippen molar-refractivity contribution >= 4 is 29.7 Å². The summed E-state index contributed by atoms with van der Waals surface area (Å²) >= 11 is 0. The van der Waals surface area contributed by atoms with Gasteiger partial charge >= 0.3 is 0 Å². The van der Waals surface area contributed by atoms with Crippen LogP contribution in [0.25, 0.3) is 17.3 Å². The number of nitrogens with one attached hydrogen (secondary N) is 1.